The summed E-state index contributed by atoms with van der Waals surface area (Å²) in [6.45, 7) is 1.71. The van der Waals surface area contributed by atoms with E-state index in [0.717, 1.165) is 0 Å². The van der Waals surface area contributed by atoms with E-state index >= 15 is 0 Å². The first kappa shape index (κ1) is 15.1. The van der Waals surface area contributed by atoms with Crippen LogP contribution in [0.4, 0.5) is 11.4 Å². The second kappa shape index (κ2) is 5.59. The molecule has 0 radical (unpaired) electrons. The van der Waals surface area contributed by atoms with Gasteiger partial charge in [0.15, 0.2) is 0 Å². The molecule has 0 aliphatic heterocycles. The molecule has 0 fully saturated rings. The van der Waals surface area contributed by atoms with Crippen molar-refractivity contribution in [2.45, 2.75) is 11.8 Å². The van der Waals surface area contributed by atoms with Crippen LogP contribution in [-0.2, 0) is 10.0 Å². The zero-order chi connectivity index (χ0) is 14.9. The molecule has 0 aliphatic rings. The lowest BCUT2D eigenvalue weighted by Gasteiger charge is -2.12. The highest BCUT2D eigenvalue weighted by atomic mass is 79.9. The van der Waals surface area contributed by atoms with E-state index in [4.69, 9.17) is 17.3 Å². The Hall–Kier alpha value is -1.31. The van der Waals surface area contributed by atoms with Gasteiger partial charge in [-0.3, -0.25) is 9.71 Å². The van der Waals surface area contributed by atoms with Crippen LogP contribution in [-0.4, -0.2) is 13.4 Å². The van der Waals surface area contributed by atoms with Gasteiger partial charge in [-0.25, -0.2) is 8.42 Å². The Bertz CT molecular complexity index is 765. The lowest BCUT2D eigenvalue weighted by molar-refractivity contribution is 0.600. The molecule has 0 saturated carbocycles. The Labute approximate surface area is 130 Å². The SMILES string of the molecule is Cc1ncccc1NS(=O)(=O)c1cc(Cl)cc(N)c1Br. The van der Waals surface area contributed by atoms with Crippen molar-refractivity contribution >= 4 is 48.9 Å². The molecule has 1 heterocycles. The summed E-state index contributed by atoms with van der Waals surface area (Å²) in [6, 6.07) is 6.07. The number of nitrogen functional groups attached to an aromatic ring is 1. The summed E-state index contributed by atoms with van der Waals surface area (Å²) in [6.07, 6.45) is 1.58. The lowest BCUT2D eigenvalue weighted by Crippen LogP contribution is -2.15. The number of nitrogens with one attached hydrogen (secondary N) is 1. The number of benzene rings is 1. The molecular weight excluding hydrogens is 366 g/mol. The standard InChI is InChI=1S/C12H11BrClN3O2S/c1-7-10(3-2-4-16-7)17-20(18,19)11-6-8(14)5-9(15)12(11)13/h2-6,17H,15H2,1H3. The second-order valence-corrected chi connectivity index (χ2v) is 6.93. The number of sulfonamides is 1. The second-order valence-electron chi connectivity index (χ2n) is 4.05. The predicted molar refractivity (Wildman–Crippen MR) is 83.3 cm³/mol. The molecule has 0 aliphatic carbocycles. The van der Waals surface area contributed by atoms with Gasteiger partial charge >= 0.3 is 0 Å². The van der Waals surface area contributed by atoms with E-state index in [1.54, 1.807) is 25.3 Å². The third-order valence-electron chi connectivity index (χ3n) is 2.57. The molecule has 0 atom stereocenters. The zero-order valence-electron chi connectivity index (χ0n) is 10.4. The number of pyridine rings is 1. The Balaban J connectivity index is 2.49. The maximum atomic E-state index is 12.4. The van der Waals surface area contributed by atoms with Crippen LogP contribution >= 0.6 is 27.5 Å². The van der Waals surface area contributed by atoms with Gasteiger partial charge in [0.05, 0.1) is 15.9 Å². The monoisotopic (exact) mass is 375 g/mol. The number of hydrogen-bond acceptors (Lipinski definition) is 4. The number of aromatic nitrogens is 1. The summed E-state index contributed by atoms with van der Waals surface area (Å²) in [5.74, 6) is 0. The van der Waals surface area contributed by atoms with E-state index in [2.05, 4.69) is 25.6 Å². The largest absolute Gasteiger partial charge is 0.398 e. The van der Waals surface area contributed by atoms with Crippen LogP contribution in [0.3, 0.4) is 0 Å². The van der Waals surface area contributed by atoms with E-state index in [0.29, 0.717) is 11.4 Å². The maximum Gasteiger partial charge on any atom is 0.263 e. The summed E-state index contributed by atoms with van der Waals surface area (Å²) >= 11 is 9.02. The third-order valence-corrected chi connectivity index (χ3v) is 5.33. The first-order valence-corrected chi connectivity index (χ1v) is 8.15. The molecule has 8 heteroatoms. The third kappa shape index (κ3) is 3.05. The van der Waals surface area contributed by atoms with Gasteiger partial charge in [0.2, 0.25) is 0 Å². The quantitative estimate of drug-likeness (QED) is 0.806. The molecular formula is C12H11BrClN3O2S. The van der Waals surface area contributed by atoms with Crippen LogP contribution in [0.1, 0.15) is 5.69 Å². The molecule has 0 amide bonds. The Kier molecular flexibility index (Phi) is 4.22. The number of aryl methyl sites for hydroxylation is 1. The summed E-state index contributed by atoms with van der Waals surface area (Å²) in [7, 11) is -3.81. The average Bonchev–Trinajstić information content (AvgIpc) is 2.36. The summed E-state index contributed by atoms with van der Waals surface area (Å²) in [4.78, 5) is 4.00. The van der Waals surface area contributed by atoms with Gasteiger partial charge in [-0.2, -0.15) is 0 Å². The highest BCUT2D eigenvalue weighted by Crippen LogP contribution is 2.32. The minimum atomic E-state index is -3.81. The molecule has 2 rings (SSSR count). The summed E-state index contributed by atoms with van der Waals surface area (Å²) in [5.41, 5.74) is 6.93. The predicted octanol–water partition coefficient (Wildman–Crippen LogP) is 3.19. The van der Waals surface area contributed by atoms with Gasteiger partial charge in [-0.1, -0.05) is 11.6 Å². The molecule has 106 valence electrons. The van der Waals surface area contributed by atoms with E-state index in [9.17, 15) is 8.42 Å². The van der Waals surface area contributed by atoms with Crippen molar-refractivity contribution < 1.29 is 8.42 Å². The Morgan fingerprint density at radius 3 is 2.75 bits per heavy atom. The zero-order valence-corrected chi connectivity index (χ0v) is 13.6. The fourth-order valence-electron chi connectivity index (χ4n) is 1.57. The minimum Gasteiger partial charge on any atom is -0.398 e. The van der Waals surface area contributed by atoms with Crippen LogP contribution in [0.25, 0.3) is 0 Å². The maximum absolute atomic E-state index is 12.4. The molecule has 2 aromatic rings. The van der Waals surface area contributed by atoms with Gasteiger partial charge in [0, 0.05) is 16.9 Å². The highest BCUT2D eigenvalue weighted by Gasteiger charge is 2.21. The van der Waals surface area contributed by atoms with Crippen molar-refractivity contribution in [1.82, 2.24) is 4.98 Å². The first-order chi connectivity index (χ1) is 9.31. The number of rotatable bonds is 3. The van der Waals surface area contributed by atoms with Gasteiger partial charge in [0.25, 0.3) is 10.0 Å². The fraction of sp³-hybridized carbons (Fsp3) is 0.0833. The molecule has 1 aromatic carbocycles. The molecule has 0 bridgehead atoms. The van der Waals surface area contributed by atoms with Gasteiger partial charge < -0.3 is 5.73 Å². The lowest BCUT2D eigenvalue weighted by atomic mass is 10.3. The van der Waals surface area contributed by atoms with Crippen LogP contribution in [0.5, 0.6) is 0 Å². The first-order valence-electron chi connectivity index (χ1n) is 5.50. The van der Waals surface area contributed by atoms with Crippen molar-refractivity contribution in [2.75, 3.05) is 10.5 Å². The van der Waals surface area contributed by atoms with E-state index in [1.165, 1.54) is 12.1 Å². The van der Waals surface area contributed by atoms with Crippen LogP contribution in [0.2, 0.25) is 5.02 Å². The smallest absolute Gasteiger partial charge is 0.263 e. The molecule has 3 N–H and O–H groups in total. The summed E-state index contributed by atoms with van der Waals surface area (Å²) in [5, 5.41) is 0.244. The number of halogens is 2. The average molecular weight is 377 g/mol. The van der Waals surface area contributed by atoms with Crippen molar-refractivity contribution in [1.29, 1.82) is 0 Å². The Morgan fingerprint density at radius 2 is 2.10 bits per heavy atom. The van der Waals surface area contributed by atoms with Gasteiger partial charge in [-0.15, -0.1) is 0 Å². The Morgan fingerprint density at radius 1 is 1.40 bits per heavy atom. The van der Waals surface area contributed by atoms with E-state index < -0.39 is 10.0 Å². The topological polar surface area (TPSA) is 85.1 Å². The van der Waals surface area contributed by atoms with Crippen molar-refractivity contribution in [2.24, 2.45) is 0 Å². The summed E-state index contributed by atoms with van der Waals surface area (Å²) < 4.78 is 27.5. The van der Waals surface area contributed by atoms with Crippen molar-refractivity contribution in [3.8, 4) is 0 Å². The van der Waals surface area contributed by atoms with Crippen molar-refractivity contribution in [3.05, 3.63) is 45.7 Å². The molecule has 0 unspecified atom stereocenters. The van der Waals surface area contributed by atoms with Gasteiger partial charge in [0.1, 0.15) is 4.90 Å². The normalized spacial score (nSPS) is 11.3. The number of hydrogen-bond donors (Lipinski definition) is 2. The van der Waals surface area contributed by atoms with Crippen molar-refractivity contribution in [3.63, 3.8) is 0 Å². The fourth-order valence-corrected chi connectivity index (χ4v) is 3.98. The minimum absolute atomic E-state index is 0.0225. The number of anilines is 2. The van der Waals surface area contributed by atoms with E-state index in [-0.39, 0.29) is 20.1 Å². The van der Waals surface area contributed by atoms with Gasteiger partial charge in [-0.05, 0) is 47.1 Å². The molecule has 5 nitrogen and oxygen atoms in total. The number of nitrogens with zero attached hydrogens (tertiary/aromatic N) is 1. The number of nitrogens with two attached hydrogens (primary N) is 1. The highest BCUT2D eigenvalue weighted by molar-refractivity contribution is 9.10. The van der Waals surface area contributed by atoms with Crippen LogP contribution in [0.15, 0.2) is 39.8 Å². The van der Waals surface area contributed by atoms with Crippen LogP contribution in [0, 0.1) is 6.92 Å². The molecule has 1 aromatic heterocycles. The van der Waals surface area contributed by atoms with E-state index in [1.807, 2.05) is 0 Å². The molecule has 0 spiro atoms. The molecule has 0 saturated heterocycles. The molecule has 20 heavy (non-hydrogen) atoms. The van der Waals surface area contributed by atoms with Crippen LogP contribution < -0.4 is 10.5 Å².